The van der Waals surface area contributed by atoms with Gasteiger partial charge in [0.05, 0.1) is 18.4 Å². The molecule has 1 aliphatic rings. The molecule has 0 amide bonds. The Morgan fingerprint density at radius 3 is 2.76 bits per heavy atom. The molecule has 0 unspecified atom stereocenters. The van der Waals surface area contributed by atoms with Gasteiger partial charge in [-0.15, -0.1) is 0 Å². The van der Waals surface area contributed by atoms with Gasteiger partial charge in [0.25, 0.3) is 0 Å². The van der Waals surface area contributed by atoms with Crippen LogP contribution < -0.4 is 5.32 Å². The van der Waals surface area contributed by atoms with Gasteiger partial charge in [-0.05, 0) is 26.7 Å². The van der Waals surface area contributed by atoms with Crippen molar-refractivity contribution in [3.8, 4) is 0 Å². The van der Waals surface area contributed by atoms with Crippen molar-refractivity contribution in [1.29, 1.82) is 0 Å². The molecule has 1 N–H and O–H groups in total. The van der Waals surface area contributed by atoms with Gasteiger partial charge in [0, 0.05) is 19.2 Å². The van der Waals surface area contributed by atoms with Gasteiger partial charge >= 0.3 is 0 Å². The molecule has 1 aliphatic carbocycles. The van der Waals surface area contributed by atoms with Gasteiger partial charge in [-0.25, -0.2) is 0 Å². The maximum atomic E-state index is 5.98. The van der Waals surface area contributed by atoms with E-state index in [9.17, 15) is 0 Å². The van der Waals surface area contributed by atoms with Crippen molar-refractivity contribution >= 4 is 5.82 Å². The summed E-state index contributed by atoms with van der Waals surface area (Å²) in [6, 6.07) is 0. The van der Waals surface area contributed by atoms with E-state index in [1.54, 1.807) is 0 Å². The van der Waals surface area contributed by atoms with Gasteiger partial charge in [0.15, 0.2) is 0 Å². The van der Waals surface area contributed by atoms with Crippen molar-refractivity contribution in [3.05, 3.63) is 11.3 Å². The van der Waals surface area contributed by atoms with E-state index in [1.165, 1.54) is 31.2 Å². The molecular weight excluding hydrogens is 214 g/mol. The third kappa shape index (κ3) is 2.80. The average molecular weight is 237 g/mol. The van der Waals surface area contributed by atoms with Crippen LogP contribution in [0, 0.1) is 6.92 Å². The Labute approximate surface area is 103 Å². The van der Waals surface area contributed by atoms with E-state index >= 15 is 0 Å². The molecule has 0 saturated heterocycles. The zero-order chi connectivity index (χ0) is 12.3. The number of aryl methyl sites for hydroxylation is 2. The molecule has 96 valence electrons. The number of aromatic nitrogens is 2. The van der Waals surface area contributed by atoms with Crippen LogP contribution in [-0.4, -0.2) is 22.4 Å². The quantitative estimate of drug-likeness (QED) is 0.855. The van der Waals surface area contributed by atoms with Gasteiger partial charge in [0.1, 0.15) is 5.82 Å². The fourth-order valence-electron chi connectivity index (χ4n) is 2.52. The number of nitrogens with one attached hydrogen (secondary N) is 1. The lowest BCUT2D eigenvalue weighted by molar-refractivity contribution is 0.0457. The highest BCUT2D eigenvalue weighted by molar-refractivity contribution is 5.47. The molecular formula is C13H23N3O. The van der Waals surface area contributed by atoms with Gasteiger partial charge < -0.3 is 10.1 Å². The molecule has 2 rings (SSSR count). The first-order valence-electron chi connectivity index (χ1n) is 6.60. The minimum atomic E-state index is 0.462. The predicted molar refractivity (Wildman–Crippen MR) is 69.2 cm³/mol. The van der Waals surface area contributed by atoms with Crippen LogP contribution in [0.25, 0.3) is 0 Å². The second kappa shape index (κ2) is 5.54. The maximum absolute atomic E-state index is 5.98. The first-order chi connectivity index (χ1) is 8.22. The van der Waals surface area contributed by atoms with E-state index in [0.717, 1.165) is 18.1 Å². The molecule has 0 spiro atoms. The molecule has 0 bridgehead atoms. The average Bonchev–Trinajstić information content (AvgIpc) is 2.88. The summed E-state index contributed by atoms with van der Waals surface area (Å²) in [5, 5.41) is 7.81. The fourth-order valence-corrected chi connectivity index (χ4v) is 2.52. The van der Waals surface area contributed by atoms with Crippen LogP contribution in [0.1, 0.15) is 43.9 Å². The van der Waals surface area contributed by atoms with Crippen LogP contribution in [0.5, 0.6) is 0 Å². The van der Waals surface area contributed by atoms with Crippen LogP contribution in [0.15, 0.2) is 0 Å². The summed E-state index contributed by atoms with van der Waals surface area (Å²) < 4.78 is 7.89. The normalized spacial score (nSPS) is 16.6. The van der Waals surface area contributed by atoms with Gasteiger partial charge in [0.2, 0.25) is 0 Å². The lowest BCUT2D eigenvalue weighted by Gasteiger charge is -2.12. The Bertz CT molecular complexity index is 367. The summed E-state index contributed by atoms with van der Waals surface area (Å²) in [6.45, 7) is 5.75. The van der Waals surface area contributed by atoms with Gasteiger partial charge in [-0.1, -0.05) is 12.8 Å². The number of nitrogens with zero attached hydrogens (tertiary/aromatic N) is 2. The largest absolute Gasteiger partial charge is 0.373 e. The number of hydrogen-bond donors (Lipinski definition) is 1. The Hall–Kier alpha value is -1.03. The molecule has 17 heavy (non-hydrogen) atoms. The molecule has 1 aromatic rings. The summed E-state index contributed by atoms with van der Waals surface area (Å²) in [5.74, 6) is 1.10. The highest BCUT2D eigenvalue weighted by Gasteiger charge is 2.18. The molecule has 4 heteroatoms. The van der Waals surface area contributed by atoms with Crippen LogP contribution >= 0.6 is 0 Å². The number of hydrogen-bond acceptors (Lipinski definition) is 3. The Balaban J connectivity index is 2.02. The standard InChI is InChI=1S/C13H23N3O/c1-4-14-13-12(10(2)15-16(13)3)9-17-11-7-5-6-8-11/h11,14H,4-9H2,1-3H3. The summed E-state index contributed by atoms with van der Waals surface area (Å²) in [4.78, 5) is 0. The van der Waals surface area contributed by atoms with E-state index in [4.69, 9.17) is 4.74 Å². The van der Waals surface area contributed by atoms with Crippen LogP contribution in [0.3, 0.4) is 0 Å². The summed E-state index contributed by atoms with van der Waals surface area (Å²) in [6.07, 6.45) is 5.53. The van der Waals surface area contributed by atoms with E-state index in [1.807, 2.05) is 18.7 Å². The molecule has 0 aromatic carbocycles. The Kier molecular flexibility index (Phi) is 4.05. The molecule has 4 nitrogen and oxygen atoms in total. The maximum Gasteiger partial charge on any atom is 0.129 e. The smallest absolute Gasteiger partial charge is 0.129 e. The Morgan fingerprint density at radius 2 is 2.12 bits per heavy atom. The fraction of sp³-hybridized carbons (Fsp3) is 0.769. The third-order valence-corrected chi connectivity index (χ3v) is 3.46. The van der Waals surface area contributed by atoms with Crippen LogP contribution in [0.2, 0.25) is 0 Å². The molecule has 1 fully saturated rings. The van der Waals surface area contributed by atoms with Crippen molar-refractivity contribution in [3.63, 3.8) is 0 Å². The van der Waals surface area contributed by atoms with E-state index < -0.39 is 0 Å². The second-order valence-corrected chi connectivity index (χ2v) is 4.78. The Morgan fingerprint density at radius 1 is 1.41 bits per heavy atom. The van der Waals surface area contributed by atoms with Crippen molar-refractivity contribution in [2.45, 2.75) is 52.2 Å². The number of anilines is 1. The molecule has 1 heterocycles. The first kappa shape index (κ1) is 12.4. The summed E-state index contributed by atoms with van der Waals surface area (Å²) in [5.41, 5.74) is 2.28. The third-order valence-electron chi connectivity index (χ3n) is 3.46. The van der Waals surface area contributed by atoms with E-state index in [-0.39, 0.29) is 0 Å². The number of rotatable bonds is 5. The minimum Gasteiger partial charge on any atom is -0.373 e. The first-order valence-corrected chi connectivity index (χ1v) is 6.60. The van der Waals surface area contributed by atoms with Crippen LogP contribution in [-0.2, 0) is 18.4 Å². The highest BCUT2D eigenvalue weighted by Crippen LogP contribution is 2.25. The minimum absolute atomic E-state index is 0.462. The van der Waals surface area contributed by atoms with Crippen molar-refractivity contribution < 1.29 is 4.74 Å². The van der Waals surface area contributed by atoms with Gasteiger partial charge in [-0.2, -0.15) is 5.10 Å². The molecule has 1 aromatic heterocycles. The lowest BCUT2D eigenvalue weighted by Crippen LogP contribution is -2.10. The predicted octanol–water partition coefficient (Wildman–Crippen LogP) is 2.62. The molecule has 0 radical (unpaired) electrons. The summed E-state index contributed by atoms with van der Waals surface area (Å²) in [7, 11) is 1.98. The summed E-state index contributed by atoms with van der Waals surface area (Å²) >= 11 is 0. The zero-order valence-corrected chi connectivity index (χ0v) is 11.1. The van der Waals surface area contributed by atoms with Crippen molar-refractivity contribution in [2.24, 2.45) is 7.05 Å². The van der Waals surface area contributed by atoms with Crippen LogP contribution in [0.4, 0.5) is 5.82 Å². The van der Waals surface area contributed by atoms with E-state index in [0.29, 0.717) is 12.7 Å². The zero-order valence-electron chi connectivity index (χ0n) is 11.1. The highest BCUT2D eigenvalue weighted by atomic mass is 16.5. The lowest BCUT2D eigenvalue weighted by atomic mass is 10.2. The van der Waals surface area contributed by atoms with Gasteiger partial charge in [-0.3, -0.25) is 4.68 Å². The SMILES string of the molecule is CCNc1c(COC2CCCC2)c(C)nn1C. The monoisotopic (exact) mass is 237 g/mol. The van der Waals surface area contributed by atoms with E-state index in [2.05, 4.69) is 17.3 Å². The second-order valence-electron chi connectivity index (χ2n) is 4.78. The number of ether oxygens (including phenoxy) is 1. The van der Waals surface area contributed by atoms with Crippen molar-refractivity contribution in [1.82, 2.24) is 9.78 Å². The topological polar surface area (TPSA) is 39.1 Å². The van der Waals surface area contributed by atoms with Crippen molar-refractivity contribution in [2.75, 3.05) is 11.9 Å². The molecule has 0 aliphatic heterocycles. The molecule has 0 atom stereocenters. The molecule has 1 saturated carbocycles.